The molecule has 0 aromatic rings. The lowest BCUT2D eigenvalue weighted by atomic mass is 10.3. The summed E-state index contributed by atoms with van der Waals surface area (Å²) in [6.07, 6.45) is 2.33. The Balaban J connectivity index is 0. The number of rotatable bonds is 4. The average molecular weight is 174 g/mol. The Morgan fingerprint density at radius 2 is 2.00 bits per heavy atom. The normalized spacial score (nSPS) is 10.2. The summed E-state index contributed by atoms with van der Waals surface area (Å²) in [7, 11) is 1.58. The van der Waals surface area contributed by atoms with Gasteiger partial charge in [0.2, 0.25) is 0 Å². The van der Waals surface area contributed by atoms with Crippen molar-refractivity contribution in [3.8, 4) is 0 Å². The van der Waals surface area contributed by atoms with Crippen molar-refractivity contribution in [1.82, 2.24) is 5.48 Å². The molecule has 0 amide bonds. The highest BCUT2D eigenvalue weighted by atomic mass is 16.6. The summed E-state index contributed by atoms with van der Waals surface area (Å²) in [5.41, 5.74) is 2.65. The van der Waals surface area contributed by atoms with Crippen LogP contribution in [0, 0.1) is 0 Å². The Hall–Kier alpha value is -0.570. The third-order valence-corrected chi connectivity index (χ3v) is 1.11. The molecule has 0 radical (unpaired) electrons. The summed E-state index contributed by atoms with van der Waals surface area (Å²) in [4.78, 5) is 8.84. The van der Waals surface area contributed by atoms with Gasteiger partial charge in [-0.25, -0.2) is 0 Å². The number of unbranched alkanes of at least 4 members (excludes halogenated alkanes) is 1. The first-order valence-corrected chi connectivity index (χ1v) is 4.61. The van der Waals surface area contributed by atoms with Crippen molar-refractivity contribution in [3.05, 3.63) is 0 Å². The minimum Gasteiger partial charge on any atom is -0.278 e. The van der Waals surface area contributed by atoms with E-state index in [-0.39, 0.29) is 0 Å². The Morgan fingerprint density at radius 1 is 1.42 bits per heavy atom. The molecule has 0 unspecified atom stereocenters. The second-order valence-electron chi connectivity index (χ2n) is 2.13. The van der Waals surface area contributed by atoms with Gasteiger partial charge < -0.3 is 0 Å². The van der Waals surface area contributed by atoms with Crippen LogP contribution in [0.5, 0.6) is 0 Å². The molecular weight excluding hydrogens is 152 g/mol. The molecule has 3 nitrogen and oxygen atoms in total. The zero-order valence-corrected chi connectivity index (χ0v) is 8.98. The maximum atomic E-state index is 4.65. The van der Waals surface area contributed by atoms with Gasteiger partial charge in [0.25, 0.3) is 0 Å². The zero-order chi connectivity index (χ0) is 9.82. The summed E-state index contributed by atoms with van der Waals surface area (Å²) >= 11 is 0. The van der Waals surface area contributed by atoms with Crippen LogP contribution in [-0.4, -0.2) is 19.5 Å². The van der Waals surface area contributed by atoms with E-state index >= 15 is 0 Å². The molecule has 0 fully saturated rings. The number of aliphatic imine (C=N–C) groups is 1. The van der Waals surface area contributed by atoms with Gasteiger partial charge >= 0.3 is 0 Å². The van der Waals surface area contributed by atoms with E-state index in [1.54, 1.807) is 7.11 Å². The molecule has 0 atom stereocenters. The molecule has 0 bridgehead atoms. The van der Waals surface area contributed by atoms with Crippen LogP contribution in [0.4, 0.5) is 0 Å². The first-order chi connectivity index (χ1) is 5.81. The standard InChI is InChI=1S/C7H16N2O.C2H6/c1-4-5-6-8-7(2)9-10-3;1-2/h4-6H2,1-3H3,(H,8,9);1-2H3. The lowest BCUT2D eigenvalue weighted by Crippen LogP contribution is -2.18. The molecule has 0 aromatic heterocycles. The van der Waals surface area contributed by atoms with E-state index < -0.39 is 0 Å². The van der Waals surface area contributed by atoms with Crippen LogP contribution in [0.3, 0.4) is 0 Å². The zero-order valence-electron chi connectivity index (χ0n) is 8.98. The van der Waals surface area contributed by atoms with Crippen molar-refractivity contribution in [1.29, 1.82) is 0 Å². The third kappa shape index (κ3) is 12.1. The molecule has 0 saturated carbocycles. The molecule has 0 aliphatic rings. The van der Waals surface area contributed by atoms with Crippen LogP contribution < -0.4 is 5.48 Å². The quantitative estimate of drug-likeness (QED) is 0.307. The van der Waals surface area contributed by atoms with E-state index in [9.17, 15) is 0 Å². The van der Waals surface area contributed by atoms with Crippen LogP contribution in [0.1, 0.15) is 40.5 Å². The first kappa shape index (κ1) is 14.0. The largest absolute Gasteiger partial charge is 0.278 e. The molecule has 12 heavy (non-hydrogen) atoms. The Morgan fingerprint density at radius 3 is 2.42 bits per heavy atom. The molecule has 0 saturated heterocycles. The number of hydrogen-bond donors (Lipinski definition) is 1. The monoisotopic (exact) mass is 174 g/mol. The Bertz CT molecular complexity index is 103. The number of hydroxylamine groups is 1. The van der Waals surface area contributed by atoms with Crippen molar-refractivity contribution in [2.24, 2.45) is 4.99 Å². The maximum Gasteiger partial charge on any atom is 0.117 e. The van der Waals surface area contributed by atoms with Crippen LogP contribution >= 0.6 is 0 Å². The van der Waals surface area contributed by atoms with Crippen molar-refractivity contribution < 1.29 is 4.84 Å². The Kier molecular flexibility index (Phi) is 15.2. The van der Waals surface area contributed by atoms with Crippen LogP contribution in [0.25, 0.3) is 0 Å². The van der Waals surface area contributed by atoms with Crippen LogP contribution in [0.2, 0.25) is 0 Å². The van der Waals surface area contributed by atoms with Gasteiger partial charge in [-0.15, -0.1) is 0 Å². The highest BCUT2D eigenvalue weighted by Gasteiger charge is 1.84. The fourth-order valence-electron chi connectivity index (χ4n) is 0.585. The summed E-state index contributed by atoms with van der Waals surface area (Å²) in [6.45, 7) is 8.92. The fourth-order valence-corrected chi connectivity index (χ4v) is 0.585. The van der Waals surface area contributed by atoms with Gasteiger partial charge in [-0.05, 0) is 13.3 Å². The first-order valence-electron chi connectivity index (χ1n) is 4.61. The number of nitrogens with zero attached hydrogens (tertiary/aromatic N) is 1. The summed E-state index contributed by atoms with van der Waals surface area (Å²) < 4.78 is 0. The van der Waals surface area contributed by atoms with Gasteiger partial charge in [0.1, 0.15) is 5.84 Å². The molecule has 0 aliphatic carbocycles. The van der Waals surface area contributed by atoms with Crippen molar-refractivity contribution >= 4 is 5.84 Å². The van der Waals surface area contributed by atoms with Crippen LogP contribution in [-0.2, 0) is 4.84 Å². The molecule has 0 rings (SSSR count). The van der Waals surface area contributed by atoms with E-state index in [1.807, 2.05) is 20.8 Å². The average Bonchev–Trinajstić information content (AvgIpc) is 2.09. The van der Waals surface area contributed by atoms with Gasteiger partial charge in [0, 0.05) is 6.54 Å². The van der Waals surface area contributed by atoms with Crippen molar-refractivity contribution in [3.63, 3.8) is 0 Å². The number of nitrogens with one attached hydrogen (secondary N) is 1. The molecule has 74 valence electrons. The lowest BCUT2D eigenvalue weighted by Gasteiger charge is -2.00. The smallest absolute Gasteiger partial charge is 0.117 e. The van der Waals surface area contributed by atoms with Gasteiger partial charge in [-0.3, -0.25) is 15.3 Å². The minimum atomic E-state index is 0.843. The SMILES string of the molecule is CC.CCCCN=C(C)NOC. The molecule has 0 aliphatic heterocycles. The second-order valence-corrected chi connectivity index (χ2v) is 2.13. The Labute approximate surface area is 76.2 Å². The highest BCUT2D eigenvalue weighted by molar-refractivity contribution is 5.78. The molecule has 3 heteroatoms. The molecule has 0 heterocycles. The fraction of sp³-hybridized carbons (Fsp3) is 0.889. The minimum absolute atomic E-state index is 0.843. The summed E-state index contributed by atoms with van der Waals surface area (Å²) in [5.74, 6) is 0.843. The van der Waals surface area contributed by atoms with E-state index in [4.69, 9.17) is 0 Å². The molecule has 0 spiro atoms. The van der Waals surface area contributed by atoms with Crippen molar-refractivity contribution in [2.75, 3.05) is 13.7 Å². The van der Waals surface area contributed by atoms with E-state index in [0.717, 1.165) is 18.8 Å². The molecular formula is C9H22N2O. The molecule has 1 N–H and O–H groups in total. The number of amidine groups is 1. The van der Waals surface area contributed by atoms with E-state index in [0.29, 0.717) is 0 Å². The maximum absolute atomic E-state index is 4.65. The van der Waals surface area contributed by atoms with Gasteiger partial charge in [0.05, 0.1) is 7.11 Å². The van der Waals surface area contributed by atoms with Crippen LogP contribution in [0.15, 0.2) is 4.99 Å². The predicted molar refractivity (Wildman–Crippen MR) is 54.4 cm³/mol. The van der Waals surface area contributed by atoms with E-state index in [1.165, 1.54) is 6.42 Å². The topological polar surface area (TPSA) is 33.6 Å². The predicted octanol–water partition coefficient (Wildman–Crippen LogP) is 2.38. The lowest BCUT2D eigenvalue weighted by molar-refractivity contribution is 0.143. The van der Waals surface area contributed by atoms with Crippen molar-refractivity contribution in [2.45, 2.75) is 40.5 Å². The number of hydrogen-bond acceptors (Lipinski definition) is 2. The van der Waals surface area contributed by atoms with Gasteiger partial charge in [-0.1, -0.05) is 27.2 Å². The molecule has 0 aromatic carbocycles. The van der Waals surface area contributed by atoms with Gasteiger partial charge in [0.15, 0.2) is 0 Å². The highest BCUT2D eigenvalue weighted by Crippen LogP contribution is 1.86. The summed E-state index contributed by atoms with van der Waals surface area (Å²) in [5, 5.41) is 0. The summed E-state index contributed by atoms with van der Waals surface area (Å²) in [6, 6.07) is 0. The van der Waals surface area contributed by atoms with Gasteiger partial charge in [-0.2, -0.15) is 0 Å². The third-order valence-electron chi connectivity index (χ3n) is 1.11. The van der Waals surface area contributed by atoms with E-state index in [2.05, 4.69) is 22.2 Å². The second kappa shape index (κ2) is 13.1.